The molecule has 0 fully saturated rings. The number of aliphatic hydroxyl groups is 2. The minimum atomic E-state index is -0.674. The van der Waals surface area contributed by atoms with E-state index >= 15 is 0 Å². The Bertz CT molecular complexity index is 1130. The van der Waals surface area contributed by atoms with E-state index in [4.69, 9.17) is 4.74 Å². The molecule has 2 unspecified atom stereocenters. The van der Waals surface area contributed by atoms with Crippen molar-refractivity contribution in [2.45, 2.75) is 347 Å². The first-order chi connectivity index (χ1) is 34.5. The highest BCUT2D eigenvalue weighted by Gasteiger charge is 2.20. The van der Waals surface area contributed by atoms with Crippen LogP contribution >= 0.6 is 0 Å². The van der Waals surface area contributed by atoms with Crippen molar-refractivity contribution in [1.29, 1.82) is 0 Å². The third-order valence-corrected chi connectivity index (χ3v) is 14.4. The molecule has 0 aromatic heterocycles. The van der Waals surface area contributed by atoms with E-state index in [-0.39, 0.29) is 18.5 Å². The van der Waals surface area contributed by atoms with Gasteiger partial charge in [-0.05, 0) is 83.5 Å². The van der Waals surface area contributed by atoms with Crippen molar-refractivity contribution in [3.8, 4) is 0 Å². The van der Waals surface area contributed by atoms with Crippen LogP contribution < -0.4 is 5.32 Å². The van der Waals surface area contributed by atoms with Crippen LogP contribution in [0.1, 0.15) is 335 Å². The van der Waals surface area contributed by atoms with Crippen LogP contribution in [0.4, 0.5) is 0 Å². The van der Waals surface area contributed by atoms with Crippen LogP contribution in [0.25, 0.3) is 0 Å². The molecule has 0 bridgehead atoms. The molecule has 6 nitrogen and oxygen atoms in total. The van der Waals surface area contributed by atoms with Gasteiger partial charge in [0.25, 0.3) is 0 Å². The summed E-state index contributed by atoms with van der Waals surface area (Å²) in [5.74, 6) is -0.0602. The second-order valence-corrected chi connectivity index (χ2v) is 21.4. The van der Waals surface area contributed by atoms with Gasteiger partial charge >= 0.3 is 5.97 Å². The Kier molecular flexibility index (Phi) is 58.0. The van der Waals surface area contributed by atoms with Gasteiger partial charge in [-0.15, -0.1) is 0 Å². The first kappa shape index (κ1) is 68.1. The summed E-state index contributed by atoms with van der Waals surface area (Å²) in [6.07, 6.45) is 74.3. The highest BCUT2D eigenvalue weighted by molar-refractivity contribution is 5.76. The largest absolute Gasteiger partial charge is 0.466 e. The quantitative estimate of drug-likeness (QED) is 0.0321. The molecule has 0 radical (unpaired) electrons. The second kappa shape index (κ2) is 59.6. The Morgan fingerprint density at radius 1 is 0.400 bits per heavy atom. The number of amides is 1. The standard InChI is InChI=1S/C64H121NO5/c1-3-5-7-9-11-13-15-17-19-20-21-22-23-25-29-32-36-40-44-48-52-56-62(67)61(60-66)65-63(68)57-53-49-45-41-37-33-30-26-24-27-31-35-39-43-47-51-55-59-70-64(69)58-54-50-46-42-38-34-28-18-16-14-12-10-8-6-4-2/h12,14,18,24,27-28,61-62,66-67H,3-11,13,15-17,19-23,25-26,29-60H2,1-2H3,(H,65,68)/b14-12-,27-24-,28-18-. The summed E-state index contributed by atoms with van der Waals surface area (Å²) in [6, 6.07) is -0.552. The molecule has 0 aliphatic heterocycles. The molecule has 70 heavy (non-hydrogen) atoms. The summed E-state index contributed by atoms with van der Waals surface area (Å²) in [7, 11) is 0. The van der Waals surface area contributed by atoms with Crippen molar-refractivity contribution in [1.82, 2.24) is 5.32 Å². The molecule has 3 N–H and O–H groups in total. The van der Waals surface area contributed by atoms with Crippen LogP contribution in [0, 0.1) is 0 Å². The zero-order chi connectivity index (χ0) is 50.7. The van der Waals surface area contributed by atoms with Gasteiger partial charge in [-0.1, -0.05) is 275 Å². The van der Waals surface area contributed by atoms with Gasteiger partial charge in [-0.3, -0.25) is 9.59 Å². The van der Waals surface area contributed by atoms with Crippen LogP contribution in [0.2, 0.25) is 0 Å². The lowest BCUT2D eigenvalue weighted by Gasteiger charge is -2.22. The number of unbranched alkanes of at least 4 members (excludes halogenated alkanes) is 41. The number of ether oxygens (including phenoxy) is 1. The first-order valence-corrected chi connectivity index (χ1v) is 31.2. The van der Waals surface area contributed by atoms with Crippen LogP contribution in [0.15, 0.2) is 36.5 Å². The first-order valence-electron chi connectivity index (χ1n) is 31.2. The fourth-order valence-electron chi connectivity index (χ4n) is 9.61. The summed E-state index contributed by atoms with van der Waals surface area (Å²) in [5.41, 5.74) is 0. The number of allylic oxidation sites excluding steroid dienone is 6. The van der Waals surface area contributed by atoms with Crippen molar-refractivity contribution in [3.05, 3.63) is 36.5 Å². The lowest BCUT2D eigenvalue weighted by Crippen LogP contribution is -2.45. The second-order valence-electron chi connectivity index (χ2n) is 21.4. The van der Waals surface area contributed by atoms with E-state index in [2.05, 4.69) is 55.6 Å². The van der Waals surface area contributed by atoms with Crippen molar-refractivity contribution < 1.29 is 24.5 Å². The van der Waals surface area contributed by atoms with Crippen molar-refractivity contribution in [2.24, 2.45) is 0 Å². The van der Waals surface area contributed by atoms with Crippen molar-refractivity contribution >= 4 is 11.9 Å². The molecule has 2 atom stereocenters. The Balaban J connectivity index is 3.46. The fourth-order valence-corrected chi connectivity index (χ4v) is 9.61. The Morgan fingerprint density at radius 2 is 0.714 bits per heavy atom. The van der Waals surface area contributed by atoms with Crippen LogP contribution in [0.5, 0.6) is 0 Å². The Hall–Kier alpha value is -1.92. The molecule has 6 heteroatoms. The number of aliphatic hydroxyl groups excluding tert-OH is 2. The molecule has 0 spiro atoms. The average Bonchev–Trinajstić information content (AvgIpc) is 3.36. The molecule has 0 heterocycles. The van der Waals surface area contributed by atoms with E-state index < -0.39 is 12.1 Å². The zero-order valence-corrected chi connectivity index (χ0v) is 47.0. The molecule has 0 rings (SSSR count). The zero-order valence-electron chi connectivity index (χ0n) is 47.0. The lowest BCUT2D eigenvalue weighted by atomic mass is 10.0. The monoisotopic (exact) mass is 984 g/mol. The Morgan fingerprint density at radius 3 is 1.13 bits per heavy atom. The van der Waals surface area contributed by atoms with Crippen molar-refractivity contribution in [2.75, 3.05) is 13.2 Å². The van der Waals surface area contributed by atoms with E-state index in [0.29, 0.717) is 25.9 Å². The lowest BCUT2D eigenvalue weighted by molar-refractivity contribution is -0.143. The number of esters is 1. The predicted molar refractivity (Wildman–Crippen MR) is 306 cm³/mol. The van der Waals surface area contributed by atoms with Gasteiger partial charge in [0.1, 0.15) is 0 Å². The number of carbonyl (C=O) groups is 2. The molecular formula is C64H121NO5. The number of hydrogen-bond donors (Lipinski definition) is 3. The third-order valence-electron chi connectivity index (χ3n) is 14.4. The highest BCUT2D eigenvalue weighted by atomic mass is 16.5. The predicted octanol–water partition coefficient (Wildman–Crippen LogP) is 19.6. The van der Waals surface area contributed by atoms with Crippen LogP contribution in [-0.2, 0) is 14.3 Å². The van der Waals surface area contributed by atoms with E-state index in [1.54, 1.807) is 0 Å². The van der Waals surface area contributed by atoms with E-state index in [1.165, 1.54) is 238 Å². The van der Waals surface area contributed by atoms with Crippen LogP contribution in [0.3, 0.4) is 0 Å². The van der Waals surface area contributed by atoms with Gasteiger partial charge in [0.15, 0.2) is 0 Å². The SMILES string of the molecule is CCCCC/C=C\C/C=C\CCCCCCCC(=O)OCCCCCCCC/C=C\CCCCCCCCCC(=O)NC(CO)C(O)CCCCCCCCCCCCCCCCCCCCCCC. The number of nitrogens with one attached hydrogen (secondary N) is 1. The minimum absolute atomic E-state index is 0.0154. The molecule has 0 aromatic carbocycles. The average molecular weight is 985 g/mol. The highest BCUT2D eigenvalue weighted by Crippen LogP contribution is 2.17. The maximum Gasteiger partial charge on any atom is 0.305 e. The van der Waals surface area contributed by atoms with Gasteiger partial charge < -0.3 is 20.3 Å². The third kappa shape index (κ3) is 55.4. The molecule has 0 aliphatic rings. The number of carbonyl (C=O) groups excluding carboxylic acids is 2. The molecule has 1 amide bonds. The normalized spacial score (nSPS) is 12.8. The van der Waals surface area contributed by atoms with Crippen LogP contribution in [-0.4, -0.2) is 47.4 Å². The summed E-state index contributed by atoms with van der Waals surface area (Å²) < 4.78 is 5.47. The maximum absolute atomic E-state index is 12.5. The van der Waals surface area contributed by atoms with Gasteiger partial charge in [-0.25, -0.2) is 0 Å². The molecule has 0 aromatic rings. The summed E-state index contributed by atoms with van der Waals surface area (Å²) >= 11 is 0. The van der Waals surface area contributed by atoms with E-state index in [1.807, 2.05) is 0 Å². The molecule has 412 valence electrons. The van der Waals surface area contributed by atoms with E-state index in [9.17, 15) is 19.8 Å². The topological polar surface area (TPSA) is 95.9 Å². The molecule has 0 saturated carbocycles. The van der Waals surface area contributed by atoms with Gasteiger partial charge in [0.2, 0.25) is 5.91 Å². The molecular weight excluding hydrogens is 863 g/mol. The molecule has 0 aliphatic carbocycles. The van der Waals surface area contributed by atoms with Crippen molar-refractivity contribution in [3.63, 3.8) is 0 Å². The summed E-state index contributed by atoms with van der Waals surface area (Å²) in [6.45, 7) is 4.92. The Labute approximate surface area is 436 Å². The minimum Gasteiger partial charge on any atom is -0.466 e. The maximum atomic E-state index is 12.5. The van der Waals surface area contributed by atoms with Gasteiger partial charge in [0, 0.05) is 12.8 Å². The van der Waals surface area contributed by atoms with Gasteiger partial charge in [-0.2, -0.15) is 0 Å². The summed E-state index contributed by atoms with van der Waals surface area (Å²) in [5, 5.41) is 23.4. The summed E-state index contributed by atoms with van der Waals surface area (Å²) in [4.78, 5) is 24.6. The molecule has 0 saturated heterocycles. The smallest absolute Gasteiger partial charge is 0.305 e. The van der Waals surface area contributed by atoms with Gasteiger partial charge in [0.05, 0.1) is 25.4 Å². The van der Waals surface area contributed by atoms with E-state index in [0.717, 1.165) is 64.2 Å². The number of hydrogen-bond acceptors (Lipinski definition) is 5. The number of rotatable bonds is 58. The fraction of sp³-hybridized carbons (Fsp3) is 0.875.